The summed E-state index contributed by atoms with van der Waals surface area (Å²) in [6, 6.07) is 23.2. The fraction of sp³-hybridized carbons (Fsp3) is 0.143. The Balaban J connectivity index is 1.34. The molecule has 2 heterocycles. The molecule has 0 fully saturated rings. The molecule has 4 aromatic rings. The smallest absolute Gasteiger partial charge is 0.234 e. The molecule has 0 radical (unpaired) electrons. The number of carbonyl (C=O) groups excluding carboxylic acids is 2. The summed E-state index contributed by atoms with van der Waals surface area (Å²) in [6.45, 7) is 3.96. The maximum absolute atomic E-state index is 12.4. The van der Waals surface area contributed by atoms with Gasteiger partial charge in [-0.25, -0.2) is 9.97 Å². The number of nitrogens with one attached hydrogen (secondary N) is 2. The minimum atomic E-state index is -0.0707. The van der Waals surface area contributed by atoms with Crippen molar-refractivity contribution in [3.63, 3.8) is 0 Å². The average molecular weight is 515 g/mol. The Morgan fingerprint density at radius 1 is 0.667 bits per heavy atom. The van der Waals surface area contributed by atoms with E-state index in [1.165, 1.54) is 23.5 Å². The summed E-state index contributed by atoms with van der Waals surface area (Å²) in [5.41, 5.74) is 5.61. The van der Waals surface area contributed by atoms with E-state index in [1.807, 2.05) is 74.5 Å². The largest absolute Gasteiger partial charge is 0.325 e. The van der Waals surface area contributed by atoms with Crippen LogP contribution in [-0.2, 0) is 9.59 Å². The number of hydrogen-bond acceptors (Lipinski definition) is 6. The summed E-state index contributed by atoms with van der Waals surface area (Å²) in [6.07, 6.45) is 3.43. The first-order valence-electron chi connectivity index (χ1n) is 11.4. The van der Waals surface area contributed by atoms with Crippen LogP contribution in [0.25, 0.3) is 11.1 Å². The Morgan fingerprint density at radius 3 is 1.47 bits per heavy atom. The summed E-state index contributed by atoms with van der Waals surface area (Å²) in [5, 5.41) is 7.61. The van der Waals surface area contributed by atoms with Crippen molar-refractivity contribution >= 4 is 46.7 Å². The fourth-order valence-electron chi connectivity index (χ4n) is 3.48. The van der Waals surface area contributed by atoms with Gasteiger partial charge in [-0.3, -0.25) is 9.59 Å². The highest BCUT2D eigenvalue weighted by molar-refractivity contribution is 8.00. The van der Waals surface area contributed by atoms with Gasteiger partial charge in [0.25, 0.3) is 0 Å². The van der Waals surface area contributed by atoms with Crippen molar-refractivity contribution in [1.29, 1.82) is 0 Å². The lowest BCUT2D eigenvalue weighted by Gasteiger charge is -2.13. The molecule has 6 nitrogen and oxygen atoms in total. The first-order chi connectivity index (χ1) is 17.5. The molecule has 2 N–H and O–H groups in total. The van der Waals surface area contributed by atoms with Crippen molar-refractivity contribution in [1.82, 2.24) is 9.97 Å². The number of anilines is 2. The molecule has 8 heteroatoms. The molecule has 182 valence electrons. The van der Waals surface area contributed by atoms with Crippen LogP contribution in [0.5, 0.6) is 0 Å². The van der Waals surface area contributed by atoms with Crippen molar-refractivity contribution < 1.29 is 9.59 Å². The Hall–Kier alpha value is -3.62. The van der Waals surface area contributed by atoms with Gasteiger partial charge >= 0.3 is 0 Å². The van der Waals surface area contributed by atoms with Gasteiger partial charge in [0.1, 0.15) is 0 Å². The van der Waals surface area contributed by atoms with Crippen LogP contribution >= 0.6 is 23.5 Å². The van der Waals surface area contributed by atoms with E-state index >= 15 is 0 Å². The van der Waals surface area contributed by atoms with Crippen LogP contribution in [0.1, 0.15) is 11.1 Å². The molecule has 2 aromatic heterocycles. The molecule has 0 saturated carbocycles. The molecular weight excluding hydrogens is 488 g/mol. The highest BCUT2D eigenvalue weighted by atomic mass is 32.2. The zero-order valence-corrected chi connectivity index (χ0v) is 21.7. The highest BCUT2D eigenvalue weighted by Gasteiger charge is 2.10. The van der Waals surface area contributed by atoms with Gasteiger partial charge in [0, 0.05) is 23.8 Å². The van der Waals surface area contributed by atoms with E-state index in [0.717, 1.165) is 43.7 Å². The third kappa shape index (κ3) is 7.19. The number of rotatable bonds is 9. The van der Waals surface area contributed by atoms with Crippen LogP contribution in [0.4, 0.5) is 11.4 Å². The van der Waals surface area contributed by atoms with Crippen LogP contribution in [0.15, 0.2) is 95.2 Å². The molecular formula is C28H26N4O2S2. The summed E-state index contributed by atoms with van der Waals surface area (Å²) in [7, 11) is 0. The molecule has 0 unspecified atom stereocenters. The van der Waals surface area contributed by atoms with E-state index in [-0.39, 0.29) is 11.8 Å². The molecule has 2 aromatic carbocycles. The number of benzene rings is 2. The summed E-state index contributed by atoms with van der Waals surface area (Å²) >= 11 is 2.81. The van der Waals surface area contributed by atoms with Crippen LogP contribution in [0, 0.1) is 13.8 Å². The van der Waals surface area contributed by atoms with Crippen molar-refractivity contribution in [3.8, 4) is 11.1 Å². The fourth-order valence-corrected chi connectivity index (χ4v) is 4.81. The average Bonchev–Trinajstić information content (AvgIpc) is 2.90. The highest BCUT2D eigenvalue weighted by Crippen LogP contribution is 2.28. The second kappa shape index (κ2) is 12.4. The zero-order chi connectivity index (χ0) is 25.3. The number of carbonyl (C=O) groups is 2. The number of aromatic nitrogens is 2. The van der Waals surface area contributed by atoms with Gasteiger partial charge in [0.05, 0.1) is 21.6 Å². The number of aryl methyl sites for hydroxylation is 2. The maximum Gasteiger partial charge on any atom is 0.234 e. The Labute approximate surface area is 219 Å². The van der Waals surface area contributed by atoms with Crippen molar-refractivity contribution in [2.45, 2.75) is 23.9 Å². The summed E-state index contributed by atoms with van der Waals surface area (Å²) in [5.74, 6) is 0.452. The Morgan fingerprint density at radius 2 is 1.11 bits per heavy atom. The van der Waals surface area contributed by atoms with E-state index in [9.17, 15) is 9.59 Å². The normalized spacial score (nSPS) is 10.6. The second-order valence-electron chi connectivity index (χ2n) is 8.07. The van der Waals surface area contributed by atoms with E-state index < -0.39 is 0 Å². The SMILES string of the molecule is Cc1cc(-c2ccc(NC(=O)CSc3ccccn3)c(C)c2)ccc1NC(=O)CSc1ccccn1. The van der Waals surface area contributed by atoms with E-state index in [1.54, 1.807) is 12.4 Å². The van der Waals surface area contributed by atoms with Crippen LogP contribution in [-0.4, -0.2) is 33.3 Å². The van der Waals surface area contributed by atoms with E-state index in [4.69, 9.17) is 0 Å². The van der Waals surface area contributed by atoms with Gasteiger partial charge in [-0.05, 0) is 84.6 Å². The third-order valence-electron chi connectivity index (χ3n) is 5.31. The lowest BCUT2D eigenvalue weighted by molar-refractivity contribution is -0.114. The Bertz CT molecular complexity index is 1240. The molecule has 0 atom stereocenters. The summed E-state index contributed by atoms with van der Waals surface area (Å²) in [4.78, 5) is 33.2. The molecule has 0 aliphatic rings. The maximum atomic E-state index is 12.4. The first kappa shape index (κ1) is 25.5. The molecule has 0 aliphatic heterocycles. The Kier molecular flexibility index (Phi) is 8.76. The van der Waals surface area contributed by atoms with Gasteiger partial charge in [-0.1, -0.05) is 47.8 Å². The van der Waals surface area contributed by atoms with E-state index in [0.29, 0.717) is 11.5 Å². The van der Waals surface area contributed by atoms with Gasteiger partial charge in [-0.2, -0.15) is 0 Å². The molecule has 0 spiro atoms. The topological polar surface area (TPSA) is 84.0 Å². The number of hydrogen-bond donors (Lipinski definition) is 2. The van der Waals surface area contributed by atoms with Crippen molar-refractivity contribution in [2.75, 3.05) is 22.1 Å². The van der Waals surface area contributed by atoms with Gasteiger partial charge in [0.2, 0.25) is 11.8 Å². The number of pyridine rings is 2. The first-order valence-corrected chi connectivity index (χ1v) is 13.3. The summed E-state index contributed by atoms with van der Waals surface area (Å²) < 4.78 is 0. The molecule has 4 rings (SSSR count). The molecule has 0 aliphatic carbocycles. The lowest BCUT2D eigenvalue weighted by atomic mass is 10.00. The molecule has 0 saturated heterocycles. The predicted molar refractivity (Wildman–Crippen MR) is 149 cm³/mol. The third-order valence-corrected chi connectivity index (χ3v) is 7.20. The molecule has 36 heavy (non-hydrogen) atoms. The quantitative estimate of drug-likeness (QED) is 0.258. The van der Waals surface area contributed by atoms with Gasteiger partial charge in [-0.15, -0.1) is 0 Å². The molecule has 2 amide bonds. The van der Waals surface area contributed by atoms with E-state index in [2.05, 4.69) is 32.7 Å². The zero-order valence-electron chi connectivity index (χ0n) is 20.0. The standard InChI is InChI=1S/C28H26N4O2S2/c1-19-15-21(9-11-23(19)31-25(33)17-35-27-7-3-5-13-29-27)22-10-12-24(20(2)16-22)32-26(34)18-36-28-8-4-6-14-30-28/h3-16H,17-18H2,1-2H3,(H,31,33)(H,32,34). The number of thioether (sulfide) groups is 2. The monoisotopic (exact) mass is 514 g/mol. The van der Waals surface area contributed by atoms with Gasteiger partial charge in [0.15, 0.2) is 0 Å². The number of amides is 2. The minimum absolute atomic E-state index is 0.0707. The predicted octanol–water partition coefficient (Wildman–Crippen LogP) is 6.22. The van der Waals surface area contributed by atoms with Crippen LogP contribution < -0.4 is 10.6 Å². The number of nitrogens with zero attached hydrogens (tertiary/aromatic N) is 2. The van der Waals surface area contributed by atoms with Crippen LogP contribution in [0.3, 0.4) is 0 Å². The van der Waals surface area contributed by atoms with Crippen molar-refractivity contribution in [3.05, 3.63) is 96.3 Å². The second-order valence-corrected chi connectivity index (χ2v) is 10.1. The van der Waals surface area contributed by atoms with Crippen molar-refractivity contribution in [2.24, 2.45) is 0 Å². The van der Waals surface area contributed by atoms with Gasteiger partial charge < -0.3 is 10.6 Å². The lowest BCUT2D eigenvalue weighted by Crippen LogP contribution is -2.15. The minimum Gasteiger partial charge on any atom is -0.325 e. The molecule has 0 bridgehead atoms. The van der Waals surface area contributed by atoms with Crippen LogP contribution in [0.2, 0.25) is 0 Å².